The molecule has 166 valence electrons. The Labute approximate surface area is 194 Å². The first-order valence-corrected chi connectivity index (χ1v) is 13.2. The van der Waals surface area contributed by atoms with Crippen LogP contribution in [0.5, 0.6) is 5.75 Å². The number of hydrogen-bond acceptors (Lipinski definition) is 1. The van der Waals surface area contributed by atoms with Crippen LogP contribution in [0.2, 0.25) is 0 Å². The molecule has 0 amide bonds. The third-order valence-corrected chi connectivity index (χ3v) is 7.49. The molecule has 29 heavy (non-hydrogen) atoms. The van der Waals surface area contributed by atoms with Gasteiger partial charge in [-0.2, -0.15) is 0 Å². The van der Waals surface area contributed by atoms with Gasteiger partial charge in [0.05, 0.1) is 0 Å². The molecule has 3 unspecified atom stereocenters. The Morgan fingerprint density at radius 3 is 2.14 bits per heavy atom. The maximum absolute atomic E-state index is 6.55. The average molecular weight is 513 g/mol. The van der Waals surface area contributed by atoms with E-state index in [1.54, 1.807) is 0 Å². The van der Waals surface area contributed by atoms with Crippen LogP contribution in [0.25, 0.3) is 0 Å². The van der Waals surface area contributed by atoms with Crippen molar-refractivity contribution in [1.29, 1.82) is 0 Å². The third-order valence-electron chi connectivity index (χ3n) is 6.86. The molecule has 2 heteroatoms. The van der Waals surface area contributed by atoms with Gasteiger partial charge >= 0.3 is 0 Å². The molecule has 1 aromatic carbocycles. The van der Waals surface area contributed by atoms with E-state index in [2.05, 4.69) is 76.3 Å². The Hall–Kier alpha value is -0.250. The van der Waals surface area contributed by atoms with Gasteiger partial charge in [-0.25, -0.2) is 0 Å². The minimum absolute atomic E-state index is 0.0230. The standard InChI is InChI=1S/C27H45IO/c1-20(2)10-7-11-21(3)12-8-13-22(4)14-9-16-27(6)17-15-24-19-25(28)18-23(5)26(24)29-27/h18-22H,7-17H2,1-6H3. The van der Waals surface area contributed by atoms with Crippen molar-refractivity contribution in [2.75, 3.05) is 0 Å². The number of aryl methyl sites for hydroxylation is 2. The highest BCUT2D eigenvalue weighted by Crippen LogP contribution is 2.39. The molecule has 1 aromatic rings. The maximum atomic E-state index is 6.55. The second-order valence-corrected chi connectivity index (χ2v) is 11.9. The summed E-state index contributed by atoms with van der Waals surface area (Å²) in [6.07, 6.45) is 14.6. The Morgan fingerprint density at radius 1 is 0.931 bits per heavy atom. The quantitative estimate of drug-likeness (QED) is 0.254. The zero-order valence-corrected chi connectivity index (χ0v) is 22.1. The fourth-order valence-electron chi connectivity index (χ4n) is 4.81. The second kappa shape index (κ2) is 12.0. The lowest BCUT2D eigenvalue weighted by Gasteiger charge is -2.37. The topological polar surface area (TPSA) is 9.23 Å². The van der Waals surface area contributed by atoms with Gasteiger partial charge in [0.1, 0.15) is 11.4 Å². The number of rotatable bonds is 12. The number of hydrogen-bond donors (Lipinski definition) is 0. The minimum Gasteiger partial charge on any atom is -0.487 e. The van der Waals surface area contributed by atoms with Crippen LogP contribution in [0.1, 0.15) is 110 Å². The zero-order valence-electron chi connectivity index (χ0n) is 20.0. The van der Waals surface area contributed by atoms with Crippen molar-refractivity contribution in [3.63, 3.8) is 0 Å². The van der Waals surface area contributed by atoms with Gasteiger partial charge in [0.25, 0.3) is 0 Å². The van der Waals surface area contributed by atoms with Crippen LogP contribution in [-0.2, 0) is 6.42 Å². The highest BCUT2D eigenvalue weighted by Gasteiger charge is 2.32. The van der Waals surface area contributed by atoms with E-state index in [1.807, 2.05) is 0 Å². The Morgan fingerprint density at radius 2 is 1.52 bits per heavy atom. The predicted octanol–water partition coefficient (Wildman–Crippen LogP) is 9.12. The molecular weight excluding hydrogens is 467 g/mol. The summed E-state index contributed by atoms with van der Waals surface area (Å²) in [4.78, 5) is 0. The number of benzene rings is 1. The summed E-state index contributed by atoms with van der Waals surface area (Å²) < 4.78 is 7.88. The molecule has 0 bridgehead atoms. The van der Waals surface area contributed by atoms with Crippen LogP contribution in [0.15, 0.2) is 12.1 Å². The molecule has 0 saturated heterocycles. The molecule has 3 atom stereocenters. The van der Waals surface area contributed by atoms with Crippen molar-refractivity contribution in [3.8, 4) is 5.75 Å². The van der Waals surface area contributed by atoms with Crippen LogP contribution in [-0.4, -0.2) is 5.60 Å². The Bertz CT molecular complexity index is 623. The highest BCUT2D eigenvalue weighted by molar-refractivity contribution is 14.1. The van der Waals surface area contributed by atoms with Gasteiger partial charge in [-0.15, -0.1) is 0 Å². The summed E-state index contributed by atoms with van der Waals surface area (Å²) in [5, 5.41) is 0. The summed E-state index contributed by atoms with van der Waals surface area (Å²) >= 11 is 2.42. The van der Waals surface area contributed by atoms with Gasteiger partial charge in [0, 0.05) is 3.57 Å². The lowest BCUT2D eigenvalue weighted by atomic mass is 9.86. The van der Waals surface area contributed by atoms with Gasteiger partial charge in [-0.3, -0.25) is 0 Å². The monoisotopic (exact) mass is 512 g/mol. The molecule has 1 heterocycles. The van der Waals surface area contributed by atoms with E-state index in [9.17, 15) is 0 Å². The van der Waals surface area contributed by atoms with Crippen molar-refractivity contribution in [3.05, 3.63) is 26.8 Å². The van der Waals surface area contributed by atoms with Gasteiger partial charge < -0.3 is 4.74 Å². The molecule has 0 radical (unpaired) electrons. The molecule has 1 nitrogen and oxygen atoms in total. The predicted molar refractivity (Wildman–Crippen MR) is 136 cm³/mol. The van der Waals surface area contributed by atoms with Crippen molar-refractivity contribution in [1.82, 2.24) is 0 Å². The fraction of sp³-hybridized carbons (Fsp3) is 0.778. The number of ether oxygens (including phenoxy) is 1. The first-order valence-electron chi connectivity index (χ1n) is 12.2. The second-order valence-electron chi connectivity index (χ2n) is 10.6. The molecule has 0 saturated carbocycles. The zero-order chi connectivity index (χ0) is 21.4. The van der Waals surface area contributed by atoms with E-state index in [4.69, 9.17) is 4.74 Å². The van der Waals surface area contributed by atoms with Crippen LogP contribution < -0.4 is 4.74 Å². The molecule has 2 rings (SSSR count). The Kier molecular flexibility index (Phi) is 10.3. The van der Waals surface area contributed by atoms with Crippen LogP contribution in [0.4, 0.5) is 0 Å². The van der Waals surface area contributed by atoms with E-state index in [0.717, 1.165) is 30.6 Å². The molecule has 0 N–H and O–H groups in total. The van der Waals surface area contributed by atoms with Gasteiger partial charge in [-0.1, -0.05) is 72.6 Å². The average Bonchev–Trinajstić information content (AvgIpc) is 2.62. The summed E-state index contributed by atoms with van der Waals surface area (Å²) in [6, 6.07) is 4.55. The van der Waals surface area contributed by atoms with E-state index in [-0.39, 0.29) is 5.60 Å². The van der Waals surface area contributed by atoms with Crippen molar-refractivity contribution in [2.45, 2.75) is 118 Å². The van der Waals surface area contributed by atoms with Crippen LogP contribution in [0.3, 0.4) is 0 Å². The van der Waals surface area contributed by atoms with E-state index < -0.39 is 0 Å². The molecule has 0 fully saturated rings. The smallest absolute Gasteiger partial charge is 0.126 e. The molecule has 0 spiro atoms. The highest BCUT2D eigenvalue weighted by atomic mass is 127. The molecule has 0 aromatic heterocycles. The summed E-state index contributed by atoms with van der Waals surface area (Å²) in [6.45, 7) is 14.1. The number of fused-ring (bicyclic) bond motifs is 1. The van der Waals surface area contributed by atoms with Gasteiger partial charge in [-0.05, 0) is 103 Å². The van der Waals surface area contributed by atoms with E-state index in [1.165, 1.54) is 78.2 Å². The first kappa shape index (κ1) is 25.0. The summed E-state index contributed by atoms with van der Waals surface area (Å²) in [5.41, 5.74) is 2.73. The van der Waals surface area contributed by atoms with Crippen LogP contribution >= 0.6 is 22.6 Å². The molecule has 1 aliphatic rings. The minimum atomic E-state index is 0.0230. The SMILES string of the molecule is Cc1cc(I)cc2c1OC(C)(CCCC(C)CCCC(C)CCCC(C)C)CC2. The summed E-state index contributed by atoms with van der Waals surface area (Å²) in [5.74, 6) is 3.78. The van der Waals surface area contributed by atoms with E-state index in [0.29, 0.717) is 0 Å². The van der Waals surface area contributed by atoms with Crippen molar-refractivity contribution >= 4 is 22.6 Å². The molecule has 0 aliphatic carbocycles. The molecular formula is C27H45IO. The lowest BCUT2D eigenvalue weighted by Crippen LogP contribution is -2.36. The van der Waals surface area contributed by atoms with Crippen molar-refractivity contribution in [2.24, 2.45) is 17.8 Å². The number of halogens is 1. The third kappa shape index (κ3) is 8.79. The molecule has 1 aliphatic heterocycles. The van der Waals surface area contributed by atoms with E-state index >= 15 is 0 Å². The van der Waals surface area contributed by atoms with Gasteiger partial charge in [0.15, 0.2) is 0 Å². The first-order chi connectivity index (χ1) is 13.7. The normalized spacial score (nSPS) is 21.0. The fourth-order valence-corrected chi connectivity index (χ4v) is 5.65. The maximum Gasteiger partial charge on any atom is 0.126 e. The lowest BCUT2D eigenvalue weighted by molar-refractivity contribution is 0.0516. The van der Waals surface area contributed by atoms with Crippen molar-refractivity contribution < 1.29 is 4.74 Å². The largest absolute Gasteiger partial charge is 0.487 e. The Balaban J connectivity index is 1.65. The summed E-state index contributed by atoms with van der Waals surface area (Å²) in [7, 11) is 0. The van der Waals surface area contributed by atoms with Gasteiger partial charge in [0.2, 0.25) is 0 Å². The van der Waals surface area contributed by atoms with Crippen LogP contribution in [0, 0.1) is 28.2 Å².